The molecule has 1 saturated carbocycles. The van der Waals surface area contributed by atoms with Crippen LogP contribution in [0, 0.1) is 19.3 Å². The number of amides is 1. The van der Waals surface area contributed by atoms with Crippen molar-refractivity contribution in [1.29, 1.82) is 0 Å². The van der Waals surface area contributed by atoms with Crippen LogP contribution in [0.25, 0.3) is 0 Å². The Morgan fingerprint density at radius 2 is 2.15 bits per heavy atom. The molecule has 110 valence electrons. The summed E-state index contributed by atoms with van der Waals surface area (Å²) in [6, 6.07) is 0. The van der Waals surface area contributed by atoms with Crippen LogP contribution in [-0.2, 0) is 0 Å². The molecule has 0 radical (unpaired) electrons. The van der Waals surface area contributed by atoms with E-state index >= 15 is 0 Å². The van der Waals surface area contributed by atoms with Crippen LogP contribution < -0.4 is 0 Å². The fourth-order valence-corrected chi connectivity index (χ4v) is 4.69. The number of likely N-dealkylation sites (tertiary alicyclic amines) is 1. The maximum atomic E-state index is 12.7. The van der Waals surface area contributed by atoms with Crippen molar-refractivity contribution in [2.75, 3.05) is 13.1 Å². The molecule has 4 nitrogen and oxygen atoms in total. The molecule has 1 saturated heterocycles. The zero-order chi connectivity index (χ0) is 14.3. The number of rotatable bonds is 1. The molecule has 20 heavy (non-hydrogen) atoms. The molecule has 1 aromatic heterocycles. The first-order valence-electron chi connectivity index (χ1n) is 7.43. The summed E-state index contributed by atoms with van der Waals surface area (Å²) in [5.41, 5.74) is 0.797. The van der Waals surface area contributed by atoms with Crippen molar-refractivity contribution < 1.29 is 9.90 Å². The van der Waals surface area contributed by atoms with E-state index in [-0.39, 0.29) is 17.4 Å². The van der Waals surface area contributed by atoms with Crippen molar-refractivity contribution in [3.63, 3.8) is 0 Å². The molecule has 0 bridgehead atoms. The molecule has 3 rings (SSSR count). The third kappa shape index (κ3) is 2.27. The van der Waals surface area contributed by atoms with Crippen LogP contribution in [0.1, 0.15) is 52.5 Å². The van der Waals surface area contributed by atoms with Crippen LogP contribution in [0.5, 0.6) is 0 Å². The minimum absolute atomic E-state index is 0.0401. The van der Waals surface area contributed by atoms with Crippen molar-refractivity contribution in [2.45, 2.75) is 52.1 Å². The van der Waals surface area contributed by atoms with Crippen molar-refractivity contribution in [2.24, 2.45) is 5.41 Å². The normalized spacial score (nSPS) is 30.1. The molecule has 1 amide bonds. The van der Waals surface area contributed by atoms with Gasteiger partial charge >= 0.3 is 0 Å². The summed E-state index contributed by atoms with van der Waals surface area (Å²) in [5, 5.41) is 11.2. The molecular weight excluding hydrogens is 272 g/mol. The topological polar surface area (TPSA) is 53.4 Å². The largest absolute Gasteiger partial charge is 0.392 e. The van der Waals surface area contributed by atoms with E-state index < -0.39 is 0 Å². The Bertz CT molecular complexity index is 528. The van der Waals surface area contributed by atoms with E-state index in [9.17, 15) is 9.90 Å². The highest BCUT2D eigenvalue weighted by Gasteiger charge is 2.45. The number of piperidine rings is 1. The minimum atomic E-state index is -0.234. The van der Waals surface area contributed by atoms with Gasteiger partial charge in [0.25, 0.3) is 5.91 Å². The highest BCUT2D eigenvalue weighted by atomic mass is 32.1. The molecule has 1 N–H and O–H groups in total. The van der Waals surface area contributed by atoms with Crippen molar-refractivity contribution >= 4 is 17.2 Å². The van der Waals surface area contributed by atoms with E-state index in [1.807, 2.05) is 18.7 Å². The number of aliphatic hydroxyl groups is 1. The van der Waals surface area contributed by atoms with Gasteiger partial charge in [0.1, 0.15) is 4.88 Å². The number of hydrogen-bond acceptors (Lipinski definition) is 4. The van der Waals surface area contributed by atoms with Crippen molar-refractivity contribution in [3.05, 3.63) is 15.6 Å². The van der Waals surface area contributed by atoms with Crippen LogP contribution in [0.15, 0.2) is 0 Å². The van der Waals surface area contributed by atoms with Gasteiger partial charge in [0.05, 0.1) is 16.8 Å². The molecule has 1 aromatic rings. The highest BCUT2D eigenvalue weighted by molar-refractivity contribution is 7.13. The van der Waals surface area contributed by atoms with Gasteiger partial charge in [0.15, 0.2) is 0 Å². The molecule has 0 unspecified atom stereocenters. The number of carbonyl (C=O) groups is 1. The standard InChI is InChI=1S/C15H22N2O2S/c1-10-13(20-11(2)16-10)14(19)17-8-4-7-15(9-17)6-3-5-12(15)18/h12,18H,3-9H2,1-2H3/t12-,15+/m1/s1. The van der Waals surface area contributed by atoms with Crippen LogP contribution in [0.3, 0.4) is 0 Å². The first-order valence-corrected chi connectivity index (χ1v) is 8.25. The Morgan fingerprint density at radius 1 is 1.40 bits per heavy atom. The average molecular weight is 294 g/mol. The SMILES string of the molecule is Cc1nc(C)c(C(=O)N2CCC[C@@]3(CCC[C@H]3O)C2)s1. The first kappa shape index (κ1) is 14.0. The Morgan fingerprint density at radius 3 is 2.75 bits per heavy atom. The third-order valence-corrected chi connectivity index (χ3v) is 5.91. The van der Waals surface area contributed by atoms with Crippen molar-refractivity contribution in [1.82, 2.24) is 9.88 Å². The van der Waals surface area contributed by atoms with Gasteiger partial charge in [-0.1, -0.05) is 6.42 Å². The lowest BCUT2D eigenvalue weighted by Crippen LogP contribution is -2.49. The monoisotopic (exact) mass is 294 g/mol. The number of aryl methyl sites for hydroxylation is 2. The molecule has 1 aliphatic heterocycles. The second kappa shape index (κ2) is 5.11. The maximum absolute atomic E-state index is 12.7. The fraction of sp³-hybridized carbons (Fsp3) is 0.733. The smallest absolute Gasteiger partial charge is 0.265 e. The molecule has 2 aliphatic rings. The predicted molar refractivity (Wildman–Crippen MR) is 79.0 cm³/mol. The van der Waals surface area contributed by atoms with Crippen LogP contribution in [-0.4, -0.2) is 40.1 Å². The summed E-state index contributed by atoms with van der Waals surface area (Å²) in [4.78, 5) is 19.8. The first-order chi connectivity index (χ1) is 9.52. The maximum Gasteiger partial charge on any atom is 0.265 e. The predicted octanol–water partition coefficient (Wildman–Crippen LogP) is 2.53. The van der Waals surface area contributed by atoms with E-state index in [2.05, 4.69) is 4.98 Å². The minimum Gasteiger partial charge on any atom is -0.392 e. The number of aromatic nitrogens is 1. The lowest BCUT2D eigenvalue weighted by molar-refractivity contribution is -0.00522. The Hall–Kier alpha value is -0.940. The molecule has 0 aromatic carbocycles. The van der Waals surface area contributed by atoms with E-state index in [4.69, 9.17) is 0 Å². The zero-order valence-electron chi connectivity index (χ0n) is 12.2. The van der Waals surface area contributed by atoms with Gasteiger partial charge in [-0.15, -0.1) is 11.3 Å². The van der Waals surface area contributed by atoms with E-state index in [0.717, 1.165) is 54.2 Å². The quantitative estimate of drug-likeness (QED) is 0.866. The molecule has 2 fully saturated rings. The second-order valence-corrected chi connectivity index (χ2v) is 7.45. The number of aliphatic hydroxyl groups excluding tert-OH is 1. The van der Waals surface area contributed by atoms with Crippen LogP contribution >= 0.6 is 11.3 Å². The molecule has 2 heterocycles. The van der Waals surface area contributed by atoms with E-state index in [0.29, 0.717) is 6.54 Å². The van der Waals surface area contributed by atoms with Gasteiger partial charge in [-0.25, -0.2) is 4.98 Å². The lowest BCUT2D eigenvalue weighted by Gasteiger charge is -2.42. The van der Waals surface area contributed by atoms with Gasteiger partial charge in [-0.3, -0.25) is 4.79 Å². The summed E-state index contributed by atoms with van der Waals surface area (Å²) >= 11 is 1.48. The van der Waals surface area contributed by atoms with Crippen LogP contribution in [0.2, 0.25) is 0 Å². The molecule has 5 heteroatoms. The molecule has 1 spiro atoms. The van der Waals surface area contributed by atoms with Crippen LogP contribution in [0.4, 0.5) is 0 Å². The summed E-state index contributed by atoms with van der Waals surface area (Å²) in [7, 11) is 0. The fourth-order valence-electron chi connectivity index (χ4n) is 3.80. The Kier molecular flexibility index (Phi) is 3.58. The summed E-state index contributed by atoms with van der Waals surface area (Å²) < 4.78 is 0. The van der Waals surface area contributed by atoms with E-state index in [1.54, 1.807) is 0 Å². The molecule has 2 atom stereocenters. The second-order valence-electron chi connectivity index (χ2n) is 6.25. The van der Waals surface area contributed by atoms with Gasteiger partial charge in [-0.05, 0) is 39.5 Å². The zero-order valence-corrected chi connectivity index (χ0v) is 13.0. The van der Waals surface area contributed by atoms with Gasteiger partial charge < -0.3 is 10.0 Å². The van der Waals surface area contributed by atoms with Gasteiger partial charge in [0, 0.05) is 18.5 Å². The van der Waals surface area contributed by atoms with Gasteiger partial charge in [0.2, 0.25) is 0 Å². The van der Waals surface area contributed by atoms with Crippen molar-refractivity contribution in [3.8, 4) is 0 Å². The summed E-state index contributed by atoms with van der Waals surface area (Å²) in [6.07, 6.45) is 4.85. The summed E-state index contributed by atoms with van der Waals surface area (Å²) in [5.74, 6) is 0.103. The number of carbonyl (C=O) groups excluding carboxylic acids is 1. The Labute approximate surface area is 123 Å². The third-order valence-electron chi connectivity index (χ3n) is 4.85. The lowest BCUT2D eigenvalue weighted by atomic mass is 9.76. The average Bonchev–Trinajstić information content (AvgIpc) is 2.93. The number of nitrogens with zero attached hydrogens (tertiary/aromatic N) is 2. The molecular formula is C15H22N2O2S. The summed E-state index contributed by atoms with van der Waals surface area (Å²) in [6.45, 7) is 5.36. The van der Waals surface area contributed by atoms with E-state index in [1.165, 1.54) is 11.3 Å². The highest BCUT2D eigenvalue weighted by Crippen LogP contribution is 2.45. The van der Waals surface area contributed by atoms with Gasteiger partial charge in [-0.2, -0.15) is 0 Å². The Balaban J connectivity index is 1.80. The number of thiazole rings is 1. The molecule has 1 aliphatic carbocycles. The number of hydrogen-bond donors (Lipinski definition) is 1.